The Kier molecular flexibility index (Phi) is 3.44. The molecule has 0 aliphatic heterocycles. The summed E-state index contributed by atoms with van der Waals surface area (Å²) in [5.41, 5.74) is 2.19. The summed E-state index contributed by atoms with van der Waals surface area (Å²) in [5, 5.41) is 10.6. The SMILES string of the molecule is CSc1cccc(-c2ccc([N+](=O)[O-])cc2)c1. The van der Waals surface area contributed by atoms with Crippen molar-refractivity contribution in [1.82, 2.24) is 0 Å². The molecule has 0 atom stereocenters. The zero-order chi connectivity index (χ0) is 12.3. The molecular formula is C13H11NO2S. The molecule has 2 aromatic rings. The van der Waals surface area contributed by atoms with Gasteiger partial charge in [-0.2, -0.15) is 0 Å². The molecule has 0 N–H and O–H groups in total. The Labute approximate surface area is 104 Å². The second kappa shape index (κ2) is 5.01. The summed E-state index contributed by atoms with van der Waals surface area (Å²) < 4.78 is 0. The lowest BCUT2D eigenvalue weighted by Gasteiger charge is -2.03. The van der Waals surface area contributed by atoms with Gasteiger partial charge in [-0.05, 0) is 41.6 Å². The minimum atomic E-state index is -0.387. The highest BCUT2D eigenvalue weighted by Gasteiger charge is 2.05. The van der Waals surface area contributed by atoms with Crippen LogP contribution in [0.1, 0.15) is 0 Å². The van der Waals surface area contributed by atoms with Crippen LogP contribution in [0, 0.1) is 10.1 Å². The van der Waals surface area contributed by atoms with E-state index < -0.39 is 0 Å². The zero-order valence-corrected chi connectivity index (χ0v) is 10.1. The number of nitro benzene ring substituents is 1. The predicted molar refractivity (Wildman–Crippen MR) is 70.3 cm³/mol. The van der Waals surface area contributed by atoms with Crippen LogP contribution in [0.2, 0.25) is 0 Å². The first-order valence-corrected chi connectivity index (χ1v) is 6.32. The molecule has 17 heavy (non-hydrogen) atoms. The maximum atomic E-state index is 10.6. The van der Waals surface area contributed by atoms with Crippen molar-refractivity contribution < 1.29 is 4.92 Å². The first-order valence-electron chi connectivity index (χ1n) is 5.09. The summed E-state index contributed by atoms with van der Waals surface area (Å²) in [5.74, 6) is 0. The average Bonchev–Trinajstić information content (AvgIpc) is 2.39. The van der Waals surface area contributed by atoms with E-state index in [4.69, 9.17) is 0 Å². The van der Waals surface area contributed by atoms with E-state index >= 15 is 0 Å². The van der Waals surface area contributed by atoms with Crippen molar-refractivity contribution in [3.8, 4) is 11.1 Å². The van der Waals surface area contributed by atoms with Gasteiger partial charge in [-0.15, -0.1) is 11.8 Å². The quantitative estimate of drug-likeness (QED) is 0.466. The Hall–Kier alpha value is -1.81. The van der Waals surface area contributed by atoms with Gasteiger partial charge in [0, 0.05) is 17.0 Å². The van der Waals surface area contributed by atoms with Crippen LogP contribution in [0.15, 0.2) is 53.4 Å². The van der Waals surface area contributed by atoms with E-state index in [-0.39, 0.29) is 10.6 Å². The van der Waals surface area contributed by atoms with Crippen LogP contribution in [0.4, 0.5) is 5.69 Å². The molecule has 4 heteroatoms. The van der Waals surface area contributed by atoms with Gasteiger partial charge < -0.3 is 0 Å². The van der Waals surface area contributed by atoms with Gasteiger partial charge in [-0.25, -0.2) is 0 Å². The third kappa shape index (κ3) is 2.65. The molecule has 0 aliphatic rings. The number of rotatable bonds is 3. The van der Waals surface area contributed by atoms with Crippen molar-refractivity contribution in [3.05, 3.63) is 58.6 Å². The summed E-state index contributed by atoms with van der Waals surface area (Å²) in [6, 6.07) is 14.7. The fraction of sp³-hybridized carbons (Fsp3) is 0.0769. The fourth-order valence-corrected chi connectivity index (χ4v) is 2.04. The molecule has 86 valence electrons. The lowest BCUT2D eigenvalue weighted by Crippen LogP contribution is -1.87. The molecule has 3 nitrogen and oxygen atoms in total. The number of hydrogen-bond donors (Lipinski definition) is 0. The molecule has 0 heterocycles. The van der Waals surface area contributed by atoms with Gasteiger partial charge >= 0.3 is 0 Å². The van der Waals surface area contributed by atoms with Gasteiger partial charge in [-0.3, -0.25) is 10.1 Å². The van der Waals surface area contributed by atoms with Crippen molar-refractivity contribution in [3.63, 3.8) is 0 Å². The molecule has 0 bridgehead atoms. The van der Waals surface area contributed by atoms with E-state index in [9.17, 15) is 10.1 Å². The van der Waals surface area contributed by atoms with E-state index in [1.54, 1.807) is 23.9 Å². The van der Waals surface area contributed by atoms with Gasteiger partial charge in [0.05, 0.1) is 4.92 Å². The van der Waals surface area contributed by atoms with Crippen LogP contribution < -0.4 is 0 Å². The Morgan fingerprint density at radius 1 is 1.06 bits per heavy atom. The first kappa shape index (κ1) is 11.7. The Morgan fingerprint density at radius 2 is 1.76 bits per heavy atom. The van der Waals surface area contributed by atoms with Crippen molar-refractivity contribution in [2.45, 2.75) is 4.90 Å². The van der Waals surface area contributed by atoms with Gasteiger partial charge in [0.15, 0.2) is 0 Å². The molecule has 0 aliphatic carbocycles. The van der Waals surface area contributed by atoms with Crippen LogP contribution in [0.25, 0.3) is 11.1 Å². The molecule has 0 fully saturated rings. The highest BCUT2D eigenvalue weighted by Crippen LogP contribution is 2.25. The normalized spacial score (nSPS) is 10.2. The number of hydrogen-bond acceptors (Lipinski definition) is 3. The maximum absolute atomic E-state index is 10.6. The minimum Gasteiger partial charge on any atom is -0.258 e. The Bertz CT molecular complexity index is 537. The Balaban J connectivity index is 2.36. The number of thioether (sulfide) groups is 1. The third-order valence-electron chi connectivity index (χ3n) is 2.48. The van der Waals surface area contributed by atoms with E-state index in [0.717, 1.165) is 11.1 Å². The number of benzene rings is 2. The van der Waals surface area contributed by atoms with Crippen molar-refractivity contribution in [2.75, 3.05) is 6.26 Å². The number of nitro groups is 1. The standard InChI is InChI=1S/C13H11NO2S/c1-17-13-4-2-3-11(9-13)10-5-7-12(8-6-10)14(15)16/h2-9H,1H3. The summed E-state index contributed by atoms with van der Waals surface area (Å²) in [6.45, 7) is 0. The fourth-order valence-electron chi connectivity index (χ4n) is 1.58. The van der Waals surface area contributed by atoms with E-state index in [1.165, 1.54) is 17.0 Å². The monoisotopic (exact) mass is 245 g/mol. The average molecular weight is 245 g/mol. The molecule has 0 aromatic heterocycles. The zero-order valence-electron chi connectivity index (χ0n) is 9.29. The van der Waals surface area contributed by atoms with Gasteiger partial charge in [-0.1, -0.05) is 12.1 Å². The maximum Gasteiger partial charge on any atom is 0.269 e. The summed E-state index contributed by atoms with van der Waals surface area (Å²) in [7, 11) is 0. The van der Waals surface area contributed by atoms with Gasteiger partial charge in [0.2, 0.25) is 0 Å². The molecular weight excluding hydrogens is 234 g/mol. The van der Waals surface area contributed by atoms with Crippen LogP contribution in [0.5, 0.6) is 0 Å². The summed E-state index contributed by atoms with van der Waals surface area (Å²) in [6.07, 6.45) is 2.02. The molecule has 0 saturated carbocycles. The second-order valence-electron chi connectivity index (χ2n) is 3.54. The Morgan fingerprint density at radius 3 is 2.35 bits per heavy atom. The molecule has 2 rings (SSSR count). The largest absolute Gasteiger partial charge is 0.269 e. The molecule has 0 saturated heterocycles. The molecule has 0 unspecified atom stereocenters. The lowest BCUT2D eigenvalue weighted by atomic mass is 10.1. The minimum absolute atomic E-state index is 0.120. The van der Waals surface area contributed by atoms with Gasteiger partial charge in [0.1, 0.15) is 0 Å². The molecule has 2 aromatic carbocycles. The van der Waals surface area contributed by atoms with Crippen LogP contribution in [0.3, 0.4) is 0 Å². The summed E-state index contributed by atoms with van der Waals surface area (Å²) >= 11 is 1.68. The van der Waals surface area contributed by atoms with Crippen LogP contribution >= 0.6 is 11.8 Å². The van der Waals surface area contributed by atoms with Crippen LogP contribution in [-0.2, 0) is 0 Å². The molecule has 0 spiro atoms. The predicted octanol–water partition coefficient (Wildman–Crippen LogP) is 3.98. The summed E-state index contributed by atoms with van der Waals surface area (Å²) in [4.78, 5) is 11.3. The van der Waals surface area contributed by atoms with Crippen molar-refractivity contribution in [2.24, 2.45) is 0 Å². The highest BCUT2D eigenvalue weighted by molar-refractivity contribution is 7.98. The van der Waals surface area contributed by atoms with Gasteiger partial charge in [0.25, 0.3) is 5.69 Å². The van der Waals surface area contributed by atoms with Crippen molar-refractivity contribution in [1.29, 1.82) is 0 Å². The smallest absolute Gasteiger partial charge is 0.258 e. The third-order valence-corrected chi connectivity index (χ3v) is 3.21. The molecule has 0 amide bonds. The van der Waals surface area contributed by atoms with E-state index in [0.29, 0.717) is 0 Å². The molecule has 0 radical (unpaired) electrons. The lowest BCUT2D eigenvalue weighted by molar-refractivity contribution is -0.384. The van der Waals surface area contributed by atoms with Crippen molar-refractivity contribution >= 4 is 17.4 Å². The van der Waals surface area contributed by atoms with E-state index in [2.05, 4.69) is 6.07 Å². The topological polar surface area (TPSA) is 43.1 Å². The second-order valence-corrected chi connectivity index (χ2v) is 4.42. The first-order chi connectivity index (χ1) is 8.20. The number of non-ortho nitro benzene ring substituents is 1. The highest BCUT2D eigenvalue weighted by atomic mass is 32.2. The number of nitrogens with zero attached hydrogens (tertiary/aromatic N) is 1. The van der Waals surface area contributed by atoms with E-state index in [1.807, 2.05) is 24.5 Å². The van der Waals surface area contributed by atoms with Crippen LogP contribution in [-0.4, -0.2) is 11.2 Å².